The maximum Gasteiger partial charge on any atom is 0.307 e. The summed E-state index contributed by atoms with van der Waals surface area (Å²) < 4.78 is 0. The Kier molecular flexibility index (Phi) is 6.11. The number of nitro benzene ring substituents is 1. The Balaban J connectivity index is 1.80. The second-order valence-electron chi connectivity index (χ2n) is 7.36. The highest BCUT2D eigenvalue weighted by molar-refractivity contribution is 6.05. The molecule has 2 aromatic rings. The van der Waals surface area contributed by atoms with Crippen molar-refractivity contribution in [3.63, 3.8) is 0 Å². The van der Waals surface area contributed by atoms with Crippen LogP contribution in [0.1, 0.15) is 35.7 Å². The zero-order valence-corrected chi connectivity index (χ0v) is 16.1. The molecule has 0 aromatic heterocycles. The normalized spacial score (nSPS) is 14.4. The third kappa shape index (κ3) is 5.10. The molecule has 1 amide bonds. The van der Waals surface area contributed by atoms with Crippen molar-refractivity contribution in [2.24, 2.45) is 5.92 Å². The summed E-state index contributed by atoms with van der Waals surface area (Å²) in [6, 6.07) is 11.0. The molecule has 0 atom stereocenters. The number of anilines is 2. The van der Waals surface area contributed by atoms with Gasteiger partial charge < -0.3 is 15.3 Å². The van der Waals surface area contributed by atoms with Crippen LogP contribution in [0.25, 0.3) is 0 Å². The number of carbonyl (C=O) groups is 2. The van der Waals surface area contributed by atoms with E-state index in [2.05, 4.69) is 12.2 Å². The smallest absolute Gasteiger partial charge is 0.307 e. The lowest BCUT2D eigenvalue weighted by atomic mass is 9.98. The summed E-state index contributed by atoms with van der Waals surface area (Å²) in [5.41, 5.74) is 1.60. The summed E-state index contributed by atoms with van der Waals surface area (Å²) in [6.45, 7) is 3.68. The summed E-state index contributed by atoms with van der Waals surface area (Å²) in [5, 5.41) is 23.2. The number of nitrogens with zero attached hydrogens (tertiary/aromatic N) is 2. The molecule has 2 aromatic carbocycles. The molecule has 0 spiro atoms. The molecule has 0 saturated carbocycles. The van der Waals surface area contributed by atoms with Gasteiger partial charge in [0.05, 0.1) is 11.3 Å². The SMILES string of the molecule is CC1CCN(c2ccc(C(=O)Nc3cccc(CC(=O)O)c3)cc2[N+](=O)[O-])CC1. The molecule has 3 rings (SSSR count). The van der Waals surface area contributed by atoms with Crippen molar-refractivity contribution in [3.8, 4) is 0 Å². The predicted octanol–water partition coefficient (Wildman–Crippen LogP) is 3.71. The van der Waals surface area contributed by atoms with Gasteiger partial charge in [0.15, 0.2) is 0 Å². The lowest BCUT2D eigenvalue weighted by Crippen LogP contribution is -2.33. The van der Waals surface area contributed by atoms with Crippen LogP contribution >= 0.6 is 0 Å². The zero-order chi connectivity index (χ0) is 21.0. The Morgan fingerprint density at radius 2 is 1.93 bits per heavy atom. The van der Waals surface area contributed by atoms with Crippen LogP contribution in [0.3, 0.4) is 0 Å². The lowest BCUT2D eigenvalue weighted by Gasteiger charge is -2.31. The molecular formula is C21H23N3O5. The number of benzene rings is 2. The van der Waals surface area contributed by atoms with Gasteiger partial charge in [-0.3, -0.25) is 19.7 Å². The average molecular weight is 397 g/mol. The van der Waals surface area contributed by atoms with Crippen LogP contribution < -0.4 is 10.2 Å². The zero-order valence-electron chi connectivity index (χ0n) is 16.1. The van der Waals surface area contributed by atoms with E-state index >= 15 is 0 Å². The Morgan fingerprint density at radius 1 is 1.21 bits per heavy atom. The molecule has 0 bridgehead atoms. The monoisotopic (exact) mass is 397 g/mol. The van der Waals surface area contributed by atoms with E-state index in [1.807, 2.05) is 4.90 Å². The number of amides is 1. The highest BCUT2D eigenvalue weighted by Crippen LogP contribution is 2.32. The molecule has 1 heterocycles. The van der Waals surface area contributed by atoms with Crippen LogP contribution in [0.4, 0.5) is 17.1 Å². The summed E-state index contributed by atoms with van der Waals surface area (Å²) in [6.07, 6.45) is 1.80. The molecule has 0 unspecified atom stereocenters. The third-order valence-corrected chi connectivity index (χ3v) is 5.10. The van der Waals surface area contributed by atoms with E-state index in [4.69, 9.17) is 5.11 Å². The average Bonchev–Trinajstić information content (AvgIpc) is 2.68. The fourth-order valence-corrected chi connectivity index (χ4v) is 3.46. The van der Waals surface area contributed by atoms with Gasteiger partial charge in [0.25, 0.3) is 11.6 Å². The van der Waals surface area contributed by atoms with Crippen LogP contribution in [-0.4, -0.2) is 35.0 Å². The highest BCUT2D eigenvalue weighted by Gasteiger charge is 2.24. The minimum Gasteiger partial charge on any atom is -0.481 e. The first-order chi connectivity index (χ1) is 13.8. The van der Waals surface area contributed by atoms with Crippen molar-refractivity contribution in [3.05, 3.63) is 63.7 Å². The van der Waals surface area contributed by atoms with Crippen molar-refractivity contribution in [1.82, 2.24) is 0 Å². The number of piperidine rings is 1. The van der Waals surface area contributed by atoms with Crippen molar-refractivity contribution in [1.29, 1.82) is 0 Å². The predicted molar refractivity (Wildman–Crippen MR) is 109 cm³/mol. The first-order valence-electron chi connectivity index (χ1n) is 9.49. The third-order valence-electron chi connectivity index (χ3n) is 5.10. The second-order valence-corrected chi connectivity index (χ2v) is 7.36. The van der Waals surface area contributed by atoms with E-state index in [1.165, 1.54) is 6.07 Å². The molecule has 8 nitrogen and oxygen atoms in total. The van der Waals surface area contributed by atoms with Gasteiger partial charge in [-0.25, -0.2) is 0 Å². The molecular weight excluding hydrogens is 374 g/mol. The van der Waals surface area contributed by atoms with Crippen LogP contribution in [0.5, 0.6) is 0 Å². The van der Waals surface area contributed by atoms with E-state index in [9.17, 15) is 19.7 Å². The largest absolute Gasteiger partial charge is 0.481 e. The molecule has 152 valence electrons. The molecule has 1 fully saturated rings. The topological polar surface area (TPSA) is 113 Å². The minimum absolute atomic E-state index is 0.0909. The van der Waals surface area contributed by atoms with E-state index in [0.717, 1.165) is 25.9 Å². The molecule has 0 aliphatic carbocycles. The Bertz CT molecular complexity index is 936. The molecule has 2 N–H and O–H groups in total. The van der Waals surface area contributed by atoms with Crippen LogP contribution in [0.2, 0.25) is 0 Å². The van der Waals surface area contributed by atoms with Crippen LogP contribution in [-0.2, 0) is 11.2 Å². The van der Waals surface area contributed by atoms with Gasteiger partial charge in [0.1, 0.15) is 5.69 Å². The van der Waals surface area contributed by atoms with Gasteiger partial charge in [-0.05, 0) is 48.6 Å². The molecule has 29 heavy (non-hydrogen) atoms. The number of aliphatic carboxylic acids is 1. The molecule has 1 saturated heterocycles. The van der Waals surface area contributed by atoms with Gasteiger partial charge in [-0.1, -0.05) is 19.1 Å². The lowest BCUT2D eigenvalue weighted by molar-refractivity contribution is -0.384. The number of nitro groups is 1. The van der Waals surface area contributed by atoms with E-state index in [1.54, 1.807) is 36.4 Å². The van der Waals surface area contributed by atoms with Gasteiger partial charge in [-0.2, -0.15) is 0 Å². The number of hydrogen-bond donors (Lipinski definition) is 2. The first-order valence-corrected chi connectivity index (χ1v) is 9.49. The number of rotatable bonds is 6. The Labute approximate surface area is 168 Å². The summed E-state index contributed by atoms with van der Waals surface area (Å²) >= 11 is 0. The molecule has 0 radical (unpaired) electrons. The number of nitrogens with one attached hydrogen (secondary N) is 1. The molecule has 1 aliphatic heterocycles. The summed E-state index contributed by atoms with van der Waals surface area (Å²) in [7, 11) is 0. The van der Waals surface area contributed by atoms with E-state index in [0.29, 0.717) is 22.9 Å². The van der Waals surface area contributed by atoms with Crippen molar-refractivity contribution in [2.45, 2.75) is 26.2 Å². The first kappa shape index (κ1) is 20.3. The van der Waals surface area contributed by atoms with Crippen LogP contribution in [0.15, 0.2) is 42.5 Å². The minimum atomic E-state index is -0.966. The van der Waals surface area contributed by atoms with Crippen molar-refractivity contribution < 1.29 is 19.6 Å². The van der Waals surface area contributed by atoms with Gasteiger partial charge in [0, 0.05) is 30.4 Å². The quantitative estimate of drug-likeness (QED) is 0.567. The number of hydrogen-bond acceptors (Lipinski definition) is 5. The van der Waals surface area contributed by atoms with Gasteiger partial charge >= 0.3 is 5.97 Å². The van der Waals surface area contributed by atoms with Gasteiger partial charge in [-0.15, -0.1) is 0 Å². The number of carbonyl (C=O) groups excluding carboxylic acids is 1. The molecule has 1 aliphatic rings. The van der Waals surface area contributed by atoms with Crippen molar-refractivity contribution >= 4 is 28.9 Å². The Hall–Kier alpha value is -3.42. The highest BCUT2D eigenvalue weighted by atomic mass is 16.6. The fraction of sp³-hybridized carbons (Fsp3) is 0.333. The molecule has 8 heteroatoms. The Morgan fingerprint density at radius 3 is 2.59 bits per heavy atom. The fourth-order valence-electron chi connectivity index (χ4n) is 3.46. The van der Waals surface area contributed by atoms with Crippen LogP contribution in [0, 0.1) is 16.0 Å². The van der Waals surface area contributed by atoms with E-state index < -0.39 is 16.8 Å². The maximum absolute atomic E-state index is 12.6. The van der Waals surface area contributed by atoms with E-state index in [-0.39, 0.29) is 17.7 Å². The standard InChI is InChI=1S/C21H23N3O5/c1-14-7-9-23(10-8-14)18-6-5-16(13-19(18)24(28)29)21(27)22-17-4-2-3-15(11-17)12-20(25)26/h2-6,11,13-14H,7-10,12H2,1H3,(H,22,27)(H,25,26). The van der Waals surface area contributed by atoms with Gasteiger partial charge in [0.2, 0.25) is 0 Å². The second kappa shape index (κ2) is 8.72. The summed E-state index contributed by atoms with van der Waals surface area (Å²) in [4.78, 5) is 36.6. The number of carboxylic acid groups (broad SMARTS) is 1. The maximum atomic E-state index is 12.6. The number of carboxylic acids is 1. The summed E-state index contributed by atoms with van der Waals surface area (Å²) in [5.74, 6) is -0.849. The van der Waals surface area contributed by atoms with Crippen molar-refractivity contribution in [2.75, 3.05) is 23.3 Å².